The molecule has 0 atom stereocenters. The Morgan fingerprint density at radius 1 is 1.04 bits per heavy atom. The van der Waals surface area contributed by atoms with Crippen molar-refractivity contribution in [1.29, 1.82) is 0 Å². The average Bonchev–Trinajstić information content (AvgIpc) is 2.61. The van der Waals surface area contributed by atoms with Gasteiger partial charge >= 0.3 is 0 Å². The molecule has 0 aromatic heterocycles. The summed E-state index contributed by atoms with van der Waals surface area (Å²) in [6, 6.07) is 13.4. The molecule has 2 aromatic carbocycles. The molecule has 5 heteroatoms. The van der Waals surface area contributed by atoms with Crippen molar-refractivity contribution in [1.82, 2.24) is 0 Å². The van der Waals surface area contributed by atoms with E-state index in [2.05, 4.69) is 5.16 Å². The van der Waals surface area contributed by atoms with Crippen molar-refractivity contribution in [3.63, 3.8) is 0 Å². The predicted octanol–water partition coefficient (Wildman–Crippen LogP) is 4.43. The van der Waals surface area contributed by atoms with Crippen LogP contribution in [0.1, 0.15) is 31.9 Å². The minimum absolute atomic E-state index is 0.165. The van der Waals surface area contributed by atoms with Gasteiger partial charge in [0.25, 0.3) is 0 Å². The van der Waals surface area contributed by atoms with Gasteiger partial charge < -0.3 is 19.0 Å². The third kappa shape index (κ3) is 6.03. The van der Waals surface area contributed by atoms with Crippen LogP contribution in [0.4, 0.5) is 0 Å². The van der Waals surface area contributed by atoms with E-state index >= 15 is 0 Å². The van der Waals surface area contributed by atoms with Gasteiger partial charge in [-0.25, -0.2) is 0 Å². The molecule has 5 nitrogen and oxygen atoms in total. The fourth-order valence-electron chi connectivity index (χ4n) is 2.19. The monoisotopic (exact) mass is 343 g/mol. The maximum Gasteiger partial charge on any atom is 0.161 e. The highest BCUT2D eigenvalue weighted by Gasteiger charge is 2.04. The van der Waals surface area contributed by atoms with Crippen LogP contribution in [0.3, 0.4) is 0 Å². The van der Waals surface area contributed by atoms with E-state index in [4.69, 9.17) is 19.0 Å². The molecule has 134 valence electrons. The molecule has 0 fully saturated rings. The Morgan fingerprint density at radius 3 is 2.44 bits per heavy atom. The summed E-state index contributed by atoms with van der Waals surface area (Å²) in [5, 5.41) is 4.01. The van der Waals surface area contributed by atoms with Gasteiger partial charge in [-0.3, -0.25) is 0 Å². The number of ether oxygens (including phenoxy) is 3. The maximum absolute atomic E-state index is 5.61. The number of hydrogen-bond acceptors (Lipinski definition) is 5. The Labute approximate surface area is 149 Å². The van der Waals surface area contributed by atoms with Gasteiger partial charge in [-0.2, -0.15) is 0 Å². The molecule has 0 radical (unpaired) electrons. The van der Waals surface area contributed by atoms with Crippen molar-refractivity contribution in [2.75, 3.05) is 13.7 Å². The molecular weight excluding hydrogens is 318 g/mol. The number of nitrogens with zero attached hydrogens (tertiary/aromatic N) is 1. The van der Waals surface area contributed by atoms with E-state index in [0.717, 1.165) is 16.9 Å². The summed E-state index contributed by atoms with van der Waals surface area (Å²) >= 11 is 0. The molecule has 0 heterocycles. The van der Waals surface area contributed by atoms with E-state index in [9.17, 15) is 0 Å². The number of rotatable bonds is 9. The highest BCUT2D eigenvalue weighted by atomic mass is 16.6. The molecule has 0 saturated heterocycles. The van der Waals surface area contributed by atoms with Crippen LogP contribution >= 0.6 is 0 Å². The normalized spacial score (nSPS) is 10.9. The highest BCUT2D eigenvalue weighted by Crippen LogP contribution is 2.27. The molecular formula is C20H25NO4. The van der Waals surface area contributed by atoms with Gasteiger partial charge in [0.15, 0.2) is 11.5 Å². The first-order valence-corrected chi connectivity index (χ1v) is 8.34. The SMILES string of the molecule is CCOc1ccc(/C=N/OCc2ccc(OC(C)C)cc2)cc1OC. The van der Waals surface area contributed by atoms with Gasteiger partial charge in [0.05, 0.1) is 26.0 Å². The van der Waals surface area contributed by atoms with Gasteiger partial charge in [0, 0.05) is 5.56 Å². The van der Waals surface area contributed by atoms with E-state index in [-0.39, 0.29) is 6.10 Å². The fourth-order valence-corrected chi connectivity index (χ4v) is 2.19. The lowest BCUT2D eigenvalue weighted by atomic mass is 10.2. The lowest BCUT2D eigenvalue weighted by molar-refractivity contribution is 0.132. The minimum atomic E-state index is 0.165. The molecule has 2 aromatic rings. The number of oxime groups is 1. The largest absolute Gasteiger partial charge is 0.493 e. The van der Waals surface area contributed by atoms with Crippen molar-refractivity contribution in [2.45, 2.75) is 33.5 Å². The van der Waals surface area contributed by atoms with E-state index in [1.807, 2.05) is 63.2 Å². The van der Waals surface area contributed by atoms with Crippen LogP contribution in [0.5, 0.6) is 17.2 Å². The quantitative estimate of drug-likeness (QED) is 0.499. The smallest absolute Gasteiger partial charge is 0.161 e. The lowest BCUT2D eigenvalue weighted by Gasteiger charge is -2.10. The maximum atomic E-state index is 5.61. The van der Waals surface area contributed by atoms with Crippen molar-refractivity contribution in [2.24, 2.45) is 5.16 Å². The van der Waals surface area contributed by atoms with Crippen molar-refractivity contribution in [3.05, 3.63) is 53.6 Å². The predicted molar refractivity (Wildman–Crippen MR) is 98.8 cm³/mol. The Bertz CT molecular complexity index is 681. The molecule has 0 bridgehead atoms. The Balaban J connectivity index is 1.88. The number of benzene rings is 2. The molecule has 0 saturated carbocycles. The highest BCUT2D eigenvalue weighted by molar-refractivity contribution is 5.80. The standard InChI is InChI=1S/C20H25NO4/c1-5-23-19-11-8-17(12-20(19)22-4)13-21-24-14-16-6-9-18(10-7-16)25-15(2)3/h6-13,15H,5,14H2,1-4H3/b21-13+. The molecule has 0 amide bonds. The van der Waals surface area contributed by atoms with Crippen LogP contribution in [0.15, 0.2) is 47.6 Å². The topological polar surface area (TPSA) is 49.3 Å². The summed E-state index contributed by atoms with van der Waals surface area (Å²) in [7, 11) is 1.61. The van der Waals surface area contributed by atoms with Gasteiger partial charge in [-0.15, -0.1) is 0 Å². The van der Waals surface area contributed by atoms with Gasteiger partial charge in [-0.05, 0) is 56.7 Å². The van der Waals surface area contributed by atoms with E-state index < -0.39 is 0 Å². The third-order valence-electron chi connectivity index (χ3n) is 3.29. The van der Waals surface area contributed by atoms with Crippen molar-refractivity contribution < 1.29 is 19.0 Å². The van der Waals surface area contributed by atoms with Crippen LogP contribution in [0.2, 0.25) is 0 Å². The molecule has 25 heavy (non-hydrogen) atoms. The first-order valence-electron chi connectivity index (χ1n) is 8.34. The summed E-state index contributed by atoms with van der Waals surface area (Å²) in [5.41, 5.74) is 1.90. The van der Waals surface area contributed by atoms with Crippen LogP contribution < -0.4 is 14.2 Å². The van der Waals surface area contributed by atoms with Crippen LogP contribution in [-0.2, 0) is 11.4 Å². The molecule has 0 aliphatic carbocycles. The molecule has 0 aliphatic rings. The van der Waals surface area contributed by atoms with Crippen LogP contribution in [0.25, 0.3) is 0 Å². The Hall–Kier alpha value is -2.69. The van der Waals surface area contributed by atoms with Crippen molar-refractivity contribution >= 4 is 6.21 Å². The number of methoxy groups -OCH3 is 1. The van der Waals surface area contributed by atoms with Gasteiger partial charge in [-0.1, -0.05) is 17.3 Å². The van der Waals surface area contributed by atoms with Crippen LogP contribution in [0, 0.1) is 0 Å². The average molecular weight is 343 g/mol. The van der Waals surface area contributed by atoms with E-state index in [1.165, 1.54) is 0 Å². The first kappa shape index (κ1) is 18.6. The van der Waals surface area contributed by atoms with Gasteiger partial charge in [0.1, 0.15) is 12.4 Å². The summed E-state index contributed by atoms with van der Waals surface area (Å²) in [4.78, 5) is 5.35. The summed E-state index contributed by atoms with van der Waals surface area (Å²) in [5.74, 6) is 2.24. The zero-order valence-corrected chi connectivity index (χ0v) is 15.2. The summed E-state index contributed by atoms with van der Waals surface area (Å²) in [6.07, 6.45) is 1.81. The summed E-state index contributed by atoms with van der Waals surface area (Å²) in [6.45, 7) is 6.92. The van der Waals surface area contributed by atoms with Crippen molar-refractivity contribution in [3.8, 4) is 17.2 Å². The second-order valence-electron chi connectivity index (χ2n) is 5.66. The van der Waals surface area contributed by atoms with E-state index in [1.54, 1.807) is 13.3 Å². The first-order chi connectivity index (χ1) is 12.1. The third-order valence-corrected chi connectivity index (χ3v) is 3.29. The fraction of sp³-hybridized carbons (Fsp3) is 0.350. The number of hydrogen-bond donors (Lipinski definition) is 0. The summed E-state index contributed by atoms with van der Waals surface area (Å²) < 4.78 is 16.4. The molecule has 0 spiro atoms. The molecule has 0 aliphatic heterocycles. The second kappa shape index (κ2) is 9.57. The Morgan fingerprint density at radius 2 is 1.80 bits per heavy atom. The van der Waals surface area contributed by atoms with Crippen LogP contribution in [-0.4, -0.2) is 26.0 Å². The Kier molecular flexibility index (Phi) is 7.14. The van der Waals surface area contributed by atoms with E-state index in [0.29, 0.717) is 24.7 Å². The minimum Gasteiger partial charge on any atom is -0.493 e. The molecule has 0 unspecified atom stereocenters. The zero-order chi connectivity index (χ0) is 18.1. The van der Waals surface area contributed by atoms with Gasteiger partial charge in [0.2, 0.25) is 0 Å². The lowest BCUT2D eigenvalue weighted by Crippen LogP contribution is -2.05. The second-order valence-corrected chi connectivity index (χ2v) is 5.66. The molecule has 0 N–H and O–H groups in total. The zero-order valence-electron chi connectivity index (χ0n) is 15.2. The molecule has 2 rings (SSSR count).